The number of rotatable bonds is 7. The predicted molar refractivity (Wildman–Crippen MR) is 67.9 cm³/mol. The van der Waals surface area contributed by atoms with Gasteiger partial charge in [-0.1, -0.05) is 51.9 Å². The van der Waals surface area contributed by atoms with E-state index in [2.05, 4.69) is 6.92 Å². The van der Waals surface area contributed by atoms with Crippen molar-refractivity contribution in [2.45, 2.75) is 83.6 Å². The molecule has 1 aliphatic rings. The van der Waals surface area contributed by atoms with E-state index >= 15 is 0 Å². The number of hydrogen-bond acceptors (Lipinski definition) is 1. The van der Waals surface area contributed by atoms with Gasteiger partial charge in [0.15, 0.2) is 0 Å². The highest BCUT2D eigenvalue weighted by Crippen LogP contribution is 2.27. The lowest BCUT2D eigenvalue weighted by molar-refractivity contribution is 0.302. The molecule has 1 rings (SSSR count). The van der Waals surface area contributed by atoms with Crippen molar-refractivity contribution in [3.05, 3.63) is 0 Å². The van der Waals surface area contributed by atoms with Crippen LogP contribution < -0.4 is 5.73 Å². The molecule has 1 aliphatic carbocycles. The normalized spacial score (nSPS) is 26.8. The first kappa shape index (κ1) is 13.0. The molecule has 0 aromatic heterocycles. The number of nitrogens with two attached hydrogens (primary N) is 1. The van der Waals surface area contributed by atoms with Crippen molar-refractivity contribution in [3.8, 4) is 0 Å². The van der Waals surface area contributed by atoms with Gasteiger partial charge in [0.05, 0.1) is 0 Å². The van der Waals surface area contributed by atoms with Gasteiger partial charge in [-0.3, -0.25) is 0 Å². The summed E-state index contributed by atoms with van der Waals surface area (Å²) in [6.45, 7) is 2.28. The third kappa shape index (κ3) is 6.19. The van der Waals surface area contributed by atoms with Crippen molar-refractivity contribution in [2.75, 3.05) is 0 Å². The second-order valence-electron chi connectivity index (χ2n) is 5.34. The van der Waals surface area contributed by atoms with E-state index in [9.17, 15) is 0 Å². The Bertz CT molecular complexity index is 136. The Hall–Kier alpha value is -0.0400. The molecule has 15 heavy (non-hydrogen) atoms. The SMILES string of the molecule is CCCCCCCCC1CCC(N)CC1. The lowest BCUT2D eigenvalue weighted by Gasteiger charge is -2.25. The fourth-order valence-corrected chi connectivity index (χ4v) is 2.69. The van der Waals surface area contributed by atoms with Gasteiger partial charge in [0.2, 0.25) is 0 Å². The van der Waals surface area contributed by atoms with Crippen LogP contribution >= 0.6 is 0 Å². The second-order valence-corrected chi connectivity index (χ2v) is 5.34. The van der Waals surface area contributed by atoms with Crippen molar-refractivity contribution in [1.29, 1.82) is 0 Å². The molecule has 1 saturated carbocycles. The minimum absolute atomic E-state index is 0.519. The summed E-state index contributed by atoms with van der Waals surface area (Å²) in [5, 5.41) is 0. The van der Waals surface area contributed by atoms with E-state index in [0.29, 0.717) is 6.04 Å². The molecule has 0 aliphatic heterocycles. The van der Waals surface area contributed by atoms with E-state index in [4.69, 9.17) is 5.73 Å². The quantitative estimate of drug-likeness (QED) is 0.626. The van der Waals surface area contributed by atoms with E-state index in [1.807, 2.05) is 0 Å². The van der Waals surface area contributed by atoms with E-state index in [1.165, 1.54) is 70.6 Å². The molecule has 1 heteroatoms. The summed E-state index contributed by atoms with van der Waals surface area (Å²) in [6.07, 6.45) is 15.4. The first-order valence-electron chi connectivity index (χ1n) is 7.08. The van der Waals surface area contributed by atoms with Crippen LogP contribution in [0.2, 0.25) is 0 Å². The average Bonchev–Trinajstić information content (AvgIpc) is 2.26. The molecule has 0 spiro atoms. The van der Waals surface area contributed by atoms with Crippen molar-refractivity contribution >= 4 is 0 Å². The molecule has 2 N–H and O–H groups in total. The third-order valence-electron chi connectivity index (χ3n) is 3.86. The highest BCUT2D eigenvalue weighted by molar-refractivity contribution is 4.74. The zero-order valence-electron chi connectivity index (χ0n) is 10.5. The Morgan fingerprint density at radius 1 is 0.867 bits per heavy atom. The maximum atomic E-state index is 5.91. The first-order chi connectivity index (χ1) is 7.33. The summed E-state index contributed by atoms with van der Waals surface area (Å²) in [4.78, 5) is 0. The molecule has 1 fully saturated rings. The van der Waals surface area contributed by atoms with E-state index in [-0.39, 0.29) is 0 Å². The first-order valence-corrected chi connectivity index (χ1v) is 7.08. The predicted octanol–water partition coefficient (Wildman–Crippen LogP) is 4.25. The molecule has 0 unspecified atom stereocenters. The largest absolute Gasteiger partial charge is 0.328 e. The van der Waals surface area contributed by atoms with Gasteiger partial charge < -0.3 is 5.73 Å². The highest BCUT2D eigenvalue weighted by atomic mass is 14.6. The lowest BCUT2D eigenvalue weighted by atomic mass is 9.83. The van der Waals surface area contributed by atoms with Crippen LogP contribution in [0.4, 0.5) is 0 Å². The molecular formula is C14H29N. The Morgan fingerprint density at radius 2 is 1.47 bits per heavy atom. The number of unbranched alkanes of at least 4 members (excludes halogenated alkanes) is 5. The smallest absolute Gasteiger partial charge is 0.00390 e. The topological polar surface area (TPSA) is 26.0 Å². The monoisotopic (exact) mass is 211 g/mol. The van der Waals surface area contributed by atoms with Crippen LogP contribution in [0.3, 0.4) is 0 Å². The van der Waals surface area contributed by atoms with Gasteiger partial charge in [0.25, 0.3) is 0 Å². The van der Waals surface area contributed by atoms with Gasteiger partial charge in [-0.05, 0) is 31.6 Å². The Morgan fingerprint density at radius 3 is 2.13 bits per heavy atom. The van der Waals surface area contributed by atoms with Gasteiger partial charge in [0, 0.05) is 6.04 Å². The van der Waals surface area contributed by atoms with Crippen LogP contribution in [0.1, 0.15) is 77.6 Å². The van der Waals surface area contributed by atoms with E-state index in [0.717, 1.165) is 5.92 Å². The molecule has 0 amide bonds. The van der Waals surface area contributed by atoms with Gasteiger partial charge >= 0.3 is 0 Å². The molecule has 0 radical (unpaired) electrons. The summed E-state index contributed by atoms with van der Waals surface area (Å²) in [6, 6.07) is 0.519. The molecular weight excluding hydrogens is 182 g/mol. The van der Waals surface area contributed by atoms with Gasteiger partial charge in [-0.15, -0.1) is 0 Å². The standard InChI is InChI=1S/C14H29N/c1-2-3-4-5-6-7-8-13-9-11-14(15)12-10-13/h13-14H,2-12,15H2,1H3. The highest BCUT2D eigenvalue weighted by Gasteiger charge is 2.17. The Labute approximate surface area is 95.8 Å². The third-order valence-corrected chi connectivity index (χ3v) is 3.86. The van der Waals surface area contributed by atoms with Gasteiger partial charge in [-0.25, -0.2) is 0 Å². The minimum atomic E-state index is 0.519. The van der Waals surface area contributed by atoms with Gasteiger partial charge in [0.1, 0.15) is 0 Å². The van der Waals surface area contributed by atoms with Crippen LogP contribution in [0.5, 0.6) is 0 Å². The minimum Gasteiger partial charge on any atom is -0.328 e. The fraction of sp³-hybridized carbons (Fsp3) is 1.00. The molecule has 0 heterocycles. The summed E-state index contributed by atoms with van der Waals surface area (Å²) < 4.78 is 0. The van der Waals surface area contributed by atoms with Crippen molar-refractivity contribution in [2.24, 2.45) is 11.7 Å². The second kappa shape index (κ2) is 8.15. The Kier molecular flexibility index (Phi) is 7.08. The summed E-state index contributed by atoms with van der Waals surface area (Å²) in [5.74, 6) is 1.01. The molecule has 0 aromatic rings. The van der Waals surface area contributed by atoms with Crippen LogP contribution in [-0.2, 0) is 0 Å². The van der Waals surface area contributed by atoms with Crippen LogP contribution in [0.25, 0.3) is 0 Å². The maximum absolute atomic E-state index is 5.91. The zero-order chi connectivity index (χ0) is 10.9. The molecule has 0 aromatic carbocycles. The van der Waals surface area contributed by atoms with Crippen molar-refractivity contribution < 1.29 is 0 Å². The van der Waals surface area contributed by atoms with E-state index in [1.54, 1.807) is 0 Å². The summed E-state index contributed by atoms with van der Waals surface area (Å²) in [5.41, 5.74) is 5.91. The van der Waals surface area contributed by atoms with Crippen LogP contribution in [0, 0.1) is 5.92 Å². The maximum Gasteiger partial charge on any atom is 0.00390 e. The number of hydrogen-bond donors (Lipinski definition) is 1. The van der Waals surface area contributed by atoms with Crippen molar-refractivity contribution in [1.82, 2.24) is 0 Å². The van der Waals surface area contributed by atoms with Crippen LogP contribution in [0.15, 0.2) is 0 Å². The molecule has 90 valence electrons. The van der Waals surface area contributed by atoms with Crippen molar-refractivity contribution in [3.63, 3.8) is 0 Å². The summed E-state index contributed by atoms with van der Waals surface area (Å²) in [7, 11) is 0. The zero-order valence-corrected chi connectivity index (χ0v) is 10.5. The molecule has 0 bridgehead atoms. The molecule has 0 atom stereocenters. The molecule has 1 nitrogen and oxygen atoms in total. The van der Waals surface area contributed by atoms with E-state index < -0.39 is 0 Å². The average molecular weight is 211 g/mol. The van der Waals surface area contributed by atoms with Crippen LogP contribution in [-0.4, -0.2) is 6.04 Å². The summed E-state index contributed by atoms with van der Waals surface area (Å²) >= 11 is 0. The Balaban J connectivity index is 1.87. The van der Waals surface area contributed by atoms with Gasteiger partial charge in [-0.2, -0.15) is 0 Å². The fourth-order valence-electron chi connectivity index (χ4n) is 2.69. The molecule has 0 saturated heterocycles. The lowest BCUT2D eigenvalue weighted by Crippen LogP contribution is -2.26.